The number of para-hydroxylation sites is 1. The van der Waals surface area contributed by atoms with Gasteiger partial charge in [-0.25, -0.2) is 0 Å². The summed E-state index contributed by atoms with van der Waals surface area (Å²) < 4.78 is 5.54. The van der Waals surface area contributed by atoms with Crippen molar-refractivity contribution in [2.45, 2.75) is 27.2 Å². The van der Waals surface area contributed by atoms with Gasteiger partial charge < -0.3 is 4.74 Å². The molecule has 2 rings (SSSR count). The van der Waals surface area contributed by atoms with Crippen LogP contribution in [-0.2, 0) is 6.42 Å². The minimum Gasteiger partial charge on any atom is -0.493 e. The summed E-state index contributed by atoms with van der Waals surface area (Å²) in [5.41, 5.74) is 1.35. The molecular weight excluding hydrogens is 160 g/mol. The molecule has 1 atom stereocenters. The number of fused-ring (bicyclic) bond motifs is 1. The van der Waals surface area contributed by atoms with Gasteiger partial charge in [-0.1, -0.05) is 39.0 Å². The second-order valence-electron chi connectivity index (χ2n) is 3.23. The third-order valence-electron chi connectivity index (χ3n) is 2.06. The van der Waals surface area contributed by atoms with Crippen molar-refractivity contribution in [3.05, 3.63) is 29.8 Å². The van der Waals surface area contributed by atoms with Crippen LogP contribution in [0.25, 0.3) is 0 Å². The maximum Gasteiger partial charge on any atom is 0.122 e. The van der Waals surface area contributed by atoms with E-state index in [9.17, 15) is 0 Å². The first-order chi connectivity index (χ1) is 6.36. The minimum absolute atomic E-state index is 0.671. The minimum atomic E-state index is 0.671. The average Bonchev–Trinajstić information content (AvgIpc) is 2.21. The number of benzene rings is 1. The Morgan fingerprint density at radius 1 is 1.23 bits per heavy atom. The van der Waals surface area contributed by atoms with E-state index >= 15 is 0 Å². The van der Waals surface area contributed by atoms with Crippen LogP contribution in [0.1, 0.15) is 26.3 Å². The van der Waals surface area contributed by atoms with Crippen molar-refractivity contribution in [1.82, 2.24) is 0 Å². The molecule has 0 spiro atoms. The van der Waals surface area contributed by atoms with E-state index in [1.165, 1.54) is 5.56 Å². The van der Waals surface area contributed by atoms with Crippen molar-refractivity contribution in [2.24, 2.45) is 5.92 Å². The summed E-state index contributed by atoms with van der Waals surface area (Å²) in [4.78, 5) is 0. The lowest BCUT2D eigenvalue weighted by molar-refractivity contribution is 0.234. The molecule has 0 fully saturated rings. The summed E-state index contributed by atoms with van der Waals surface area (Å²) in [6.45, 7) is 7.09. The molecule has 1 aliphatic rings. The van der Waals surface area contributed by atoms with E-state index in [0.717, 1.165) is 18.8 Å². The van der Waals surface area contributed by atoms with Gasteiger partial charge in [-0.05, 0) is 24.0 Å². The molecule has 0 radical (unpaired) electrons. The second-order valence-corrected chi connectivity index (χ2v) is 3.23. The van der Waals surface area contributed by atoms with Gasteiger partial charge in [0.2, 0.25) is 0 Å². The zero-order valence-corrected chi connectivity index (χ0v) is 8.71. The molecule has 0 aromatic heterocycles. The lowest BCUT2D eigenvalue weighted by Gasteiger charge is -2.21. The van der Waals surface area contributed by atoms with E-state index in [2.05, 4.69) is 19.1 Å². The Morgan fingerprint density at radius 3 is 2.69 bits per heavy atom. The molecular formula is C12H18O. The van der Waals surface area contributed by atoms with Crippen LogP contribution in [0.5, 0.6) is 5.75 Å². The summed E-state index contributed by atoms with van der Waals surface area (Å²) >= 11 is 0. The van der Waals surface area contributed by atoms with Crippen molar-refractivity contribution in [2.75, 3.05) is 6.61 Å². The summed E-state index contributed by atoms with van der Waals surface area (Å²) in [6.07, 6.45) is 1.16. The van der Waals surface area contributed by atoms with E-state index in [4.69, 9.17) is 4.74 Å². The number of ether oxygens (including phenoxy) is 1. The number of rotatable bonds is 0. The van der Waals surface area contributed by atoms with Gasteiger partial charge in [-0.3, -0.25) is 0 Å². The first kappa shape index (κ1) is 10.1. The van der Waals surface area contributed by atoms with Gasteiger partial charge in [0.25, 0.3) is 0 Å². The third-order valence-corrected chi connectivity index (χ3v) is 2.06. The predicted octanol–water partition coefficient (Wildman–Crippen LogP) is 3.28. The van der Waals surface area contributed by atoms with Crippen LogP contribution < -0.4 is 4.74 Å². The van der Waals surface area contributed by atoms with Crippen molar-refractivity contribution in [3.8, 4) is 5.75 Å². The van der Waals surface area contributed by atoms with E-state index in [0.29, 0.717) is 5.92 Å². The van der Waals surface area contributed by atoms with Gasteiger partial charge >= 0.3 is 0 Å². The maximum absolute atomic E-state index is 5.54. The smallest absolute Gasteiger partial charge is 0.122 e. The first-order valence-corrected chi connectivity index (χ1v) is 5.07. The molecule has 1 nitrogen and oxygen atoms in total. The van der Waals surface area contributed by atoms with E-state index < -0.39 is 0 Å². The lowest BCUT2D eigenvalue weighted by atomic mass is 9.99. The van der Waals surface area contributed by atoms with Crippen molar-refractivity contribution < 1.29 is 4.74 Å². The molecule has 0 aliphatic carbocycles. The van der Waals surface area contributed by atoms with Crippen LogP contribution in [-0.4, -0.2) is 6.61 Å². The molecule has 1 heterocycles. The topological polar surface area (TPSA) is 9.23 Å². The van der Waals surface area contributed by atoms with Crippen molar-refractivity contribution in [1.29, 1.82) is 0 Å². The monoisotopic (exact) mass is 178 g/mol. The second kappa shape index (κ2) is 4.90. The molecule has 1 aromatic rings. The van der Waals surface area contributed by atoms with Gasteiger partial charge in [0.1, 0.15) is 5.75 Å². The zero-order chi connectivity index (χ0) is 9.68. The van der Waals surface area contributed by atoms with Gasteiger partial charge in [-0.15, -0.1) is 0 Å². The molecule has 0 bridgehead atoms. The summed E-state index contributed by atoms with van der Waals surface area (Å²) in [6, 6.07) is 8.28. The Labute approximate surface area is 80.7 Å². The quantitative estimate of drug-likeness (QED) is 0.592. The highest BCUT2D eigenvalue weighted by molar-refractivity contribution is 5.34. The molecule has 0 saturated heterocycles. The predicted molar refractivity (Wildman–Crippen MR) is 56.2 cm³/mol. The molecule has 1 unspecified atom stereocenters. The number of hydrogen-bond acceptors (Lipinski definition) is 1. The van der Waals surface area contributed by atoms with Crippen LogP contribution in [0.3, 0.4) is 0 Å². The largest absolute Gasteiger partial charge is 0.493 e. The van der Waals surface area contributed by atoms with Gasteiger partial charge in [0, 0.05) is 0 Å². The van der Waals surface area contributed by atoms with E-state index in [1.807, 2.05) is 26.0 Å². The maximum atomic E-state index is 5.54. The number of hydrogen-bond donors (Lipinski definition) is 0. The Balaban J connectivity index is 0.000000396. The first-order valence-electron chi connectivity index (χ1n) is 5.07. The molecule has 1 aliphatic heterocycles. The van der Waals surface area contributed by atoms with Crippen LogP contribution in [0.2, 0.25) is 0 Å². The molecule has 72 valence electrons. The standard InChI is InChI=1S/C10H12O.C2H6/c1-8-6-9-4-2-3-5-10(9)11-7-8;1-2/h2-5,8H,6-7H2,1H3;1-2H3. The summed E-state index contributed by atoms with van der Waals surface area (Å²) in [7, 11) is 0. The van der Waals surface area contributed by atoms with Crippen molar-refractivity contribution in [3.63, 3.8) is 0 Å². The average molecular weight is 178 g/mol. The van der Waals surface area contributed by atoms with E-state index in [-0.39, 0.29) is 0 Å². The van der Waals surface area contributed by atoms with Gasteiger partial charge in [-0.2, -0.15) is 0 Å². The SMILES string of the molecule is CC.CC1COc2ccccc2C1. The Morgan fingerprint density at radius 2 is 1.92 bits per heavy atom. The molecule has 0 amide bonds. The lowest BCUT2D eigenvalue weighted by Crippen LogP contribution is -2.17. The molecule has 0 N–H and O–H groups in total. The van der Waals surface area contributed by atoms with Crippen LogP contribution in [0, 0.1) is 5.92 Å². The molecule has 0 saturated carbocycles. The van der Waals surface area contributed by atoms with Gasteiger partial charge in [0.15, 0.2) is 0 Å². The Kier molecular flexibility index (Phi) is 3.81. The highest BCUT2D eigenvalue weighted by atomic mass is 16.5. The Hall–Kier alpha value is -0.980. The van der Waals surface area contributed by atoms with Crippen LogP contribution in [0.15, 0.2) is 24.3 Å². The van der Waals surface area contributed by atoms with Crippen LogP contribution in [0.4, 0.5) is 0 Å². The fourth-order valence-corrected chi connectivity index (χ4v) is 1.48. The molecule has 1 aromatic carbocycles. The summed E-state index contributed by atoms with van der Waals surface area (Å²) in [5, 5.41) is 0. The molecule has 1 heteroatoms. The fraction of sp³-hybridized carbons (Fsp3) is 0.500. The fourth-order valence-electron chi connectivity index (χ4n) is 1.48. The Bertz CT molecular complexity index is 255. The third kappa shape index (κ3) is 2.48. The summed E-state index contributed by atoms with van der Waals surface area (Å²) in [5.74, 6) is 1.75. The van der Waals surface area contributed by atoms with Crippen LogP contribution >= 0.6 is 0 Å². The van der Waals surface area contributed by atoms with E-state index in [1.54, 1.807) is 0 Å². The van der Waals surface area contributed by atoms with Gasteiger partial charge in [0.05, 0.1) is 6.61 Å². The highest BCUT2D eigenvalue weighted by Crippen LogP contribution is 2.25. The molecule has 13 heavy (non-hydrogen) atoms. The highest BCUT2D eigenvalue weighted by Gasteiger charge is 2.14. The normalized spacial score (nSPS) is 19.2. The van der Waals surface area contributed by atoms with Crippen molar-refractivity contribution >= 4 is 0 Å². The zero-order valence-electron chi connectivity index (χ0n) is 8.71.